The van der Waals surface area contributed by atoms with Crippen molar-refractivity contribution in [1.29, 1.82) is 0 Å². The molecule has 0 saturated heterocycles. The van der Waals surface area contributed by atoms with Gasteiger partial charge in [-0.15, -0.1) is 0 Å². The zero-order valence-corrected chi connectivity index (χ0v) is 13.6. The number of carbonyl (C=O) groups is 1. The number of rotatable bonds is 6. The molecule has 0 aliphatic heterocycles. The molecule has 3 nitrogen and oxygen atoms in total. The fourth-order valence-corrected chi connectivity index (χ4v) is 3.11. The summed E-state index contributed by atoms with van der Waals surface area (Å²) in [4.78, 5) is 14.9. The van der Waals surface area contributed by atoms with Gasteiger partial charge in [0.2, 0.25) is 5.91 Å². The van der Waals surface area contributed by atoms with E-state index in [1.54, 1.807) is 0 Å². The predicted molar refractivity (Wildman–Crippen MR) is 87.0 cm³/mol. The van der Waals surface area contributed by atoms with Crippen LogP contribution in [0.4, 0.5) is 0 Å². The number of benzene rings is 1. The maximum Gasteiger partial charge on any atom is 0.226 e. The van der Waals surface area contributed by atoms with Crippen molar-refractivity contribution >= 4 is 5.91 Å². The highest BCUT2D eigenvalue weighted by atomic mass is 16.2. The SMILES string of the molecule is CCCN(CC(C)(C)CN)C(=O)C1Cc2ccccc2C1. The number of hydrogen-bond acceptors (Lipinski definition) is 2. The van der Waals surface area contributed by atoms with E-state index in [1.807, 2.05) is 4.90 Å². The first kappa shape index (κ1) is 16.0. The van der Waals surface area contributed by atoms with Crippen LogP contribution in [0, 0.1) is 11.3 Å². The van der Waals surface area contributed by atoms with Gasteiger partial charge in [0.1, 0.15) is 0 Å². The Morgan fingerprint density at radius 1 is 1.29 bits per heavy atom. The fourth-order valence-electron chi connectivity index (χ4n) is 3.11. The summed E-state index contributed by atoms with van der Waals surface area (Å²) in [6.07, 6.45) is 2.77. The minimum Gasteiger partial charge on any atom is -0.342 e. The van der Waals surface area contributed by atoms with Crippen LogP contribution < -0.4 is 5.73 Å². The van der Waals surface area contributed by atoms with Crippen molar-refractivity contribution in [2.45, 2.75) is 40.0 Å². The third kappa shape index (κ3) is 3.85. The van der Waals surface area contributed by atoms with Crippen molar-refractivity contribution in [3.63, 3.8) is 0 Å². The number of carbonyl (C=O) groups excluding carboxylic acids is 1. The maximum absolute atomic E-state index is 12.9. The summed E-state index contributed by atoms with van der Waals surface area (Å²) < 4.78 is 0. The molecule has 0 fully saturated rings. The van der Waals surface area contributed by atoms with Crippen LogP contribution in [0.5, 0.6) is 0 Å². The van der Waals surface area contributed by atoms with E-state index in [4.69, 9.17) is 5.73 Å². The Hall–Kier alpha value is -1.35. The predicted octanol–water partition coefficient (Wildman–Crippen LogP) is 2.62. The second-order valence-electron chi connectivity index (χ2n) is 7.00. The smallest absolute Gasteiger partial charge is 0.226 e. The molecule has 2 N–H and O–H groups in total. The molecule has 0 atom stereocenters. The highest BCUT2D eigenvalue weighted by Crippen LogP contribution is 2.28. The lowest BCUT2D eigenvalue weighted by Crippen LogP contribution is -2.45. The lowest BCUT2D eigenvalue weighted by atomic mass is 9.92. The molecular weight excluding hydrogens is 260 g/mol. The van der Waals surface area contributed by atoms with Gasteiger partial charge in [0.25, 0.3) is 0 Å². The van der Waals surface area contributed by atoms with Gasteiger partial charge in [-0.25, -0.2) is 0 Å². The Morgan fingerprint density at radius 3 is 2.33 bits per heavy atom. The van der Waals surface area contributed by atoms with Gasteiger partial charge in [0.15, 0.2) is 0 Å². The number of nitrogens with two attached hydrogens (primary N) is 1. The summed E-state index contributed by atoms with van der Waals surface area (Å²) in [6.45, 7) is 8.57. The van der Waals surface area contributed by atoms with Crippen molar-refractivity contribution in [2.24, 2.45) is 17.1 Å². The van der Waals surface area contributed by atoms with Crippen LogP contribution in [-0.2, 0) is 17.6 Å². The van der Waals surface area contributed by atoms with E-state index < -0.39 is 0 Å². The topological polar surface area (TPSA) is 46.3 Å². The van der Waals surface area contributed by atoms with Gasteiger partial charge in [-0.3, -0.25) is 4.79 Å². The molecule has 0 unspecified atom stereocenters. The molecule has 1 aliphatic rings. The summed E-state index contributed by atoms with van der Waals surface area (Å²) in [6, 6.07) is 8.42. The zero-order chi connectivity index (χ0) is 15.5. The van der Waals surface area contributed by atoms with E-state index in [9.17, 15) is 4.79 Å². The molecule has 0 aromatic heterocycles. The maximum atomic E-state index is 12.9. The van der Waals surface area contributed by atoms with Gasteiger partial charge < -0.3 is 10.6 Å². The van der Waals surface area contributed by atoms with Crippen LogP contribution in [-0.4, -0.2) is 30.4 Å². The average Bonchev–Trinajstić information content (AvgIpc) is 2.89. The molecule has 116 valence electrons. The Balaban J connectivity index is 2.06. The van der Waals surface area contributed by atoms with Gasteiger partial charge in [-0.05, 0) is 42.3 Å². The average molecular weight is 288 g/mol. The van der Waals surface area contributed by atoms with Crippen LogP contribution in [0.1, 0.15) is 38.3 Å². The third-order valence-electron chi connectivity index (χ3n) is 4.38. The number of hydrogen-bond donors (Lipinski definition) is 1. The van der Waals surface area contributed by atoms with Crippen molar-refractivity contribution in [2.75, 3.05) is 19.6 Å². The van der Waals surface area contributed by atoms with Crippen LogP contribution in [0.3, 0.4) is 0 Å². The molecule has 0 saturated carbocycles. The standard InChI is InChI=1S/C18H28N2O/c1-4-9-20(13-18(2,3)12-19)17(21)16-10-14-7-5-6-8-15(14)11-16/h5-8,16H,4,9-13,19H2,1-3H3. The minimum atomic E-state index is -0.0176. The summed E-state index contributed by atoms with van der Waals surface area (Å²) in [7, 11) is 0. The van der Waals surface area contributed by atoms with Crippen molar-refractivity contribution in [3.05, 3.63) is 35.4 Å². The first-order chi connectivity index (χ1) is 9.96. The molecule has 21 heavy (non-hydrogen) atoms. The second kappa shape index (κ2) is 6.61. The Kier molecular flexibility index (Phi) is 5.04. The van der Waals surface area contributed by atoms with E-state index in [1.165, 1.54) is 11.1 Å². The molecule has 3 heteroatoms. The highest BCUT2D eigenvalue weighted by Gasteiger charge is 2.32. The fraction of sp³-hybridized carbons (Fsp3) is 0.611. The van der Waals surface area contributed by atoms with Gasteiger partial charge in [-0.2, -0.15) is 0 Å². The van der Waals surface area contributed by atoms with E-state index in [0.717, 1.165) is 32.4 Å². The van der Waals surface area contributed by atoms with Gasteiger partial charge in [0, 0.05) is 19.0 Å². The van der Waals surface area contributed by atoms with Gasteiger partial charge in [-0.1, -0.05) is 45.0 Å². The number of nitrogens with zero attached hydrogens (tertiary/aromatic N) is 1. The third-order valence-corrected chi connectivity index (χ3v) is 4.38. The van der Waals surface area contributed by atoms with Crippen LogP contribution >= 0.6 is 0 Å². The Labute approximate surface area is 128 Å². The van der Waals surface area contributed by atoms with E-state index in [2.05, 4.69) is 45.0 Å². The quantitative estimate of drug-likeness (QED) is 0.874. The summed E-state index contributed by atoms with van der Waals surface area (Å²) in [5, 5.41) is 0. The number of fused-ring (bicyclic) bond motifs is 1. The molecule has 0 spiro atoms. The van der Waals surface area contributed by atoms with E-state index in [0.29, 0.717) is 12.5 Å². The lowest BCUT2D eigenvalue weighted by Gasteiger charge is -2.33. The monoisotopic (exact) mass is 288 g/mol. The van der Waals surface area contributed by atoms with Crippen molar-refractivity contribution in [3.8, 4) is 0 Å². The Bertz CT molecular complexity index is 471. The van der Waals surface area contributed by atoms with Crippen molar-refractivity contribution in [1.82, 2.24) is 4.90 Å². The normalized spacial score (nSPS) is 15.0. The van der Waals surface area contributed by atoms with E-state index >= 15 is 0 Å². The Morgan fingerprint density at radius 2 is 1.86 bits per heavy atom. The van der Waals surface area contributed by atoms with Crippen LogP contribution in [0.15, 0.2) is 24.3 Å². The lowest BCUT2D eigenvalue weighted by molar-refractivity contribution is -0.136. The molecule has 2 rings (SSSR count). The summed E-state index contributed by atoms with van der Waals surface area (Å²) in [5.41, 5.74) is 8.49. The summed E-state index contributed by atoms with van der Waals surface area (Å²) in [5.74, 6) is 0.414. The largest absolute Gasteiger partial charge is 0.342 e. The van der Waals surface area contributed by atoms with Gasteiger partial charge >= 0.3 is 0 Å². The molecule has 1 amide bonds. The molecular formula is C18H28N2O. The molecule has 0 bridgehead atoms. The second-order valence-corrected chi connectivity index (χ2v) is 7.00. The first-order valence-corrected chi connectivity index (χ1v) is 8.02. The molecule has 0 radical (unpaired) electrons. The highest BCUT2D eigenvalue weighted by molar-refractivity contribution is 5.80. The molecule has 1 aliphatic carbocycles. The zero-order valence-electron chi connectivity index (χ0n) is 13.6. The molecule has 1 aromatic carbocycles. The minimum absolute atomic E-state index is 0.0176. The molecule has 1 aromatic rings. The van der Waals surface area contributed by atoms with E-state index in [-0.39, 0.29) is 11.3 Å². The van der Waals surface area contributed by atoms with Crippen LogP contribution in [0.25, 0.3) is 0 Å². The van der Waals surface area contributed by atoms with Crippen molar-refractivity contribution < 1.29 is 4.79 Å². The van der Waals surface area contributed by atoms with Gasteiger partial charge in [0.05, 0.1) is 0 Å². The summed E-state index contributed by atoms with van der Waals surface area (Å²) >= 11 is 0. The molecule has 0 heterocycles. The number of amides is 1. The van der Waals surface area contributed by atoms with Crippen LogP contribution in [0.2, 0.25) is 0 Å². The first-order valence-electron chi connectivity index (χ1n) is 8.02.